The van der Waals surface area contributed by atoms with E-state index in [1.165, 1.54) is 0 Å². The van der Waals surface area contributed by atoms with Gasteiger partial charge >= 0.3 is 24.4 Å². The SMILES string of the molecule is OC(C(CC=CC1CCCCC1)C(F)(F)C(F)=C(F)F)(C(F)(F)F)C(F)(F)F. The van der Waals surface area contributed by atoms with Gasteiger partial charge in [-0.1, -0.05) is 31.4 Å². The van der Waals surface area contributed by atoms with Crippen LogP contribution in [0.25, 0.3) is 0 Å². The molecular weight excluding hydrogens is 417 g/mol. The fourth-order valence-corrected chi connectivity index (χ4v) is 3.15. The van der Waals surface area contributed by atoms with Crippen LogP contribution in [0.5, 0.6) is 0 Å². The van der Waals surface area contributed by atoms with Crippen molar-refractivity contribution in [2.75, 3.05) is 0 Å². The highest BCUT2D eigenvalue weighted by Crippen LogP contribution is 2.55. The minimum atomic E-state index is -6.73. The quantitative estimate of drug-likeness (QED) is 0.365. The number of alkyl halides is 8. The van der Waals surface area contributed by atoms with E-state index < -0.39 is 48.1 Å². The summed E-state index contributed by atoms with van der Waals surface area (Å²) in [6.07, 6.45) is -14.2. The molecule has 0 aromatic rings. The first-order valence-corrected chi connectivity index (χ1v) is 8.18. The molecule has 0 saturated heterocycles. The van der Waals surface area contributed by atoms with Crippen molar-refractivity contribution in [2.24, 2.45) is 11.8 Å². The molecule has 0 radical (unpaired) electrons. The van der Waals surface area contributed by atoms with E-state index in [4.69, 9.17) is 0 Å². The average Bonchev–Trinajstić information content (AvgIpc) is 2.56. The van der Waals surface area contributed by atoms with Crippen LogP contribution in [-0.4, -0.2) is 29.0 Å². The lowest BCUT2D eigenvalue weighted by molar-refractivity contribution is -0.399. The van der Waals surface area contributed by atoms with Crippen LogP contribution in [0, 0.1) is 11.8 Å². The van der Waals surface area contributed by atoms with Gasteiger partial charge in [-0.25, -0.2) is 0 Å². The van der Waals surface area contributed by atoms with Gasteiger partial charge in [0, 0.05) is 0 Å². The second-order valence-electron chi connectivity index (χ2n) is 6.57. The number of rotatable bonds is 6. The molecule has 0 aromatic heterocycles. The van der Waals surface area contributed by atoms with E-state index in [0.717, 1.165) is 12.5 Å². The van der Waals surface area contributed by atoms with E-state index in [9.17, 15) is 53.4 Å². The van der Waals surface area contributed by atoms with Gasteiger partial charge in [-0.15, -0.1) is 0 Å². The van der Waals surface area contributed by atoms with Crippen LogP contribution < -0.4 is 0 Å². The third-order valence-electron chi connectivity index (χ3n) is 4.69. The summed E-state index contributed by atoms with van der Waals surface area (Å²) in [4.78, 5) is 0. The summed E-state index contributed by atoms with van der Waals surface area (Å²) in [5.74, 6) is -14.3. The van der Waals surface area contributed by atoms with Crippen molar-refractivity contribution in [1.29, 1.82) is 0 Å². The lowest BCUT2D eigenvalue weighted by Gasteiger charge is -2.41. The Labute approximate surface area is 152 Å². The topological polar surface area (TPSA) is 20.2 Å². The Morgan fingerprint density at radius 1 is 0.857 bits per heavy atom. The first kappa shape index (κ1) is 24.7. The molecule has 28 heavy (non-hydrogen) atoms. The zero-order chi connectivity index (χ0) is 22.0. The molecule has 1 unspecified atom stereocenters. The van der Waals surface area contributed by atoms with E-state index in [1.807, 2.05) is 0 Å². The summed E-state index contributed by atoms with van der Waals surface area (Å²) < 4.78 is 143. The van der Waals surface area contributed by atoms with Crippen LogP contribution in [0.1, 0.15) is 38.5 Å². The van der Waals surface area contributed by atoms with Gasteiger partial charge in [0.15, 0.2) is 0 Å². The first-order chi connectivity index (χ1) is 12.6. The lowest BCUT2D eigenvalue weighted by Crippen LogP contribution is -2.65. The van der Waals surface area contributed by atoms with Gasteiger partial charge in [0.05, 0.1) is 5.92 Å². The summed E-state index contributed by atoms with van der Waals surface area (Å²) in [5.41, 5.74) is -6.12. The Morgan fingerprint density at radius 2 is 1.32 bits per heavy atom. The van der Waals surface area contributed by atoms with Crippen molar-refractivity contribution in [1.82, 2.24) is 0 Å². The smallest absolute Gasteiger partial charge is 0.373 e. The predicted molar refractivity (Wildman–Crippen MR) is 76.2 cm³/mol. The minimum absolute atomic E-state index is 0.314. The molecule has 1 rings (SSSR count). The highest BCUT2D eigenvalue weighted by molar-refractivity contribution is 5.16. The first-order valence-electron chi connectivity index (χ1n) is 8.18. The molecule has 1 nitrogen and oxygen atoms in total. The van der Waals surface area contributed by atoms with E-state index in [1.54, 1.807) is 0 Å². The average molecular weight is 434 g/mol. The molecule has 0 spiro atoms. The molecule has 12 heteroatoms. The molecule has 0 aliphatic heterocycles. The molecule has 0 amide bonds. The monoisotopic (exact) mass is 434 g/mol. The number of hydrogen-bond acceptors (Lipinski definition) is 1. The van der Waals surface area contributed by atoms with Gasteiger partial charge in [-0.3, -0.25) is 0 Å². The number of halogens is 11. The van der Waals surface area contributed by atoms with E-state index >= 15 is 0 Å². The van der Waals surface area contributed by atoms with Gasteiger partial charge in [-0.2, -0.15) is 48.3 Å². The normalized spacial score (nSPS) is 19.1. The van der Waals surface area contributed by atoms with Gasteiger partial charge in [0.25, 0.3) is 5.60 Å². The van der Waals surface area contributed by atoms with Gasteiger partial charge in [-0.05, 0) is 25.2 Å². The summed E-state index contributed by atoms with van der Waals surface area (Å²) in [7, 11) is 0. The second kappa shape index (κ2) is 8.58. The van der Waals surface area contributed by atoms with E-state index in [2.05, 4.69) is 0 Å². The van der Waals surface area contributed by atoms with Crippen LogP contribution in [0.2, 0.25) is 0 Å². The Kier molecular flexibility index (Phi) is 7.57. The van der Waals surface area contributed by atoms with Crippen molar-refractivity contribution in [3.63, 3.8) is 0 Å². The van der Waals surface area contributed by atoms with Crippen molar-refractivity contribution >= 4 is 0 Å². The summed E-state index contributed by atoms with van der Waals surface area (Å²) in [6.45, 7) is 0. The molecule has 1 saturated carbocycles. The fourth-order valence-electron chi connectivity index (χ4n) is 3.15. The molecule has 1 atom stereocenters. The highest BCUT2D eigenvalue weighted by Gasteiger charge is 2.78. The highest BCUT2D eigenvalue weighted by atomic mass is 19.4. The fraction of sp³-hybridized carbons (Fsp3) is 0.750. The summed E-state index contributed by atoms with van der Waals surface area (Å²) in [6, 6.07) is 0. The van der Waals surface area contributed by atoms with E-state index in [-0.39, 0.29) is 5.92 Å². The summed E-state index contributed by atoms with van der Waals surface area (Å²) in [5, 5.41) is 9.25. The molecule has 0 bridgehead atoms. The van der Waals surface area contributed by atoms with Crippen LogP contribution >= 0.6 is 0 Å². The van der Waals surface area contributed by atoms with Crippen LogP contribution in [0.3, 0.4) is 0 Å². The maximum absolute atomic E-state index is 13.9. The Hall–Kier alpha value is -1.33. The zero-order valence-corrected chi connectivity index (χ0v) is 14.2. The molecule has 1 aliphatic carbocycles. The number of aliphatic hydroxyl groups is 1. The third kappa shape index (κ3) is 4.98. The van der Waals surface area contributed by atoms with Crippen LogP contribution in [0.15, 0.2) is 24.1 Å². The van der Waals surface area contributed by atoms with E-state index in [0.29, 0.717) is 31.8 Å². The molecule has 0 aromatic carbocycles. The second-order valence-corrected chi connectivity index (χ2v) is 6.57. The standard InChI is InChI=1S/C16H17F11O/c17-11(12(18)19)13(20,21)10(8-4-7-9-5-2-1-3-6-9)14(28,15(22,23)24)16(25,26)27/h4,7,9-10,28H,1-3,5-6,8H2. The van der Waals surface area contributed by atoms with Gasteiger partial charge in [0.1, 0.15) is 0 Å². The molecular formula is C16H17F11O. The van der Waals surface area contributed by atoms with Crippen molar-refractivity contribution in [2.45, 2.75) is 62.4 Å². The molecule has 1 aliphatic rings. The maximum atomic E-state index is 13.9. The van der Waals surface area contributed by atoms with Crippen molar-refractivity contribution in [3.05, 3.63) is 24.1 Å². The minimum Gasteiger partial charge on any atom is -0.373 e. The Bertz CT molecular complexity index is 564. The lowest BCUT2D eigenvalue weighted by atomic mass is 9.78. The van der Waals surface area contributed by atoms with Crippen molar-refractivity contribution < 1.29 is 53.4 Å². The number of allylic oxidation sites excluding steroid dienone is 3. The van der Waals surface area contributed by atoms with Gasteiger partial charge in [0.2, 0.25) is 5.83 Å². The van der Waals surface area contributed by atoms with Crippen LogP contribution in [0.4, 0.5) is 48.3 Å². The van der Waals surface area contributed by atoms with Crippen molar-refractivity contribution in [3.8, 4) is 0 Å². The molecule has 0 heterocycles. The summed E-state index contributed by atoms with van der Waals surface area (Å²) >= 11 is 0. The molecule has 1 N–H and O–H groups in total. The molecule has 164 valence electrons. The largest absolute Gasteiger partial charge is 0.426 e. The third-order valence-corrected chi connectivity index (χ3v) is 4.69. The van der Waals surface area contributed by atoms with Gasteiger partial charge < -0.3 is 5.11 Å². The predicted octanol–water partition coefficient (Wildman–Crippen LogP) is 6.70. The maximum Gasteiger partial charge on any atom is 0.426 e. The Morgan fingerprint density at radius 3 is 1.71 bits per heavy atom. The number of hydrogen-bond donors (Lipinski definition) is 1. The molecule has 1 fully saturated rings. The Balaban J connectivity index is 3.41. The zero-order valence-electron chi connectivity index (χ0n) is 14.2. The van der Waals surface area contributed by atoms with Crippen LogP contribution in [-0.2, 0) is 0 Å².